The maximum Gasteiger partial charge on any atom is 0.333 e. The minimum absolute atomic E-state index is 0.0630. The van der Waals surface area contributed by atoms with Crippen molar-refractivity contribution >= 4 is 91.2 Å². The van der Waals surface area contributed by atoms with Crippen molar-refractivity contribution in [2.75, 3.05) is 18.5 Å². The van der Waals surface area contributed by atoms with Gasteiger partial charge in [0.1, 0.15) is 6.61 Å². The van der Waals surface area contributed by atoms with Crippen LogP contribution >= 0.6 is 67.8 Å². The van der Waals surface area contributed by atoms with Crippen LogP contribution in [0.2, 0.25) is 0 Å². The van der Waals surface area contributed by atoms with E-state index in [1.807, 2.05) is 28.7 Å². The molecule has 0 bridgehead atoms. The topological polar surface area (TPSA) is 84.5 Å². The van der Waals surface area contributed by atoms with Crippen LogP contribution in [0.1, 0.15) is 24.2 Å². The largest absolute Gasteiger partial charge is 0.460 e. The zero-order chi connectivity index (χ0) is 18.4. The highest BCUT2D eigenvalue weighted by atomic mass is 127. The molecule has 24 heavy (non-hydrogen) atoms. The molecule has 1 rings (SSSR count). The summed E-state index contributed by atoms with van der Waals surface area (Å²) in [6, 6.07) is 1.82. The zero-order valence-electron chi connectivity index (χ0n) is 13.0. The Kier molecular flexibility index (Phi) is 8.90. The summed E-state index contributed by atoms with van der Waals surface area (Å²) < 4.78 is 7.21. The number of benzene rings is 1. The predicted molar refractivity (Wildman–Crippen MR) is 117 cm³/mol. The zero-order valence-corrected chi connectivity index (χ0v) is 19.4. The molecule has 0 atom stereocenters. The lowest BCUT2D eigenvalue weighted by atomic mass is 10.2. The lowest BCUT2D eigenvalue weighted by Gasteiger charge is -2.15. The van der Waals surface area contributed by atoms with E-state index in [4.69, 9.17) is 4.74 Å². The summed E-state index contributed by atoms with van der Waals surface area (Å²) in [5.74, 6) is -0.987. The summed E-state index contributed by atoms with van der Waals surface area (Å²) in [4.78, 5) is 35.0. The van der Waals surface area contributed by atoms with Crippen molar-refractivity contribution in [1.29, 1.82) is 0 Å². The molecule has 2 N–H and O–H groups in total. The predicted octanol–water partition coefficient (Wildman–Crippen LogP) is 3.31. The van der Waals surface area contributed by atoms with Gasteiger partial charge in [-0.3, -0.25) is 9.59 Å². The fraction of sp³-hybridized carbons (Fsp3) is 0.267. The number of hydrogen-bond acceptors (Lipinski definition) is 4. The first kappa shape index (κ1) is 21.6. The molecule has 0 aliphatic carbocycles. The van der Waals surface area contributed by atoms with Crippen molar-refractivity contribution in [2.24, 2.45) is 0 Å². The van der Waals surface area contributed by atoms with Gasteiger partial charge in [-0.15, -0.1) is 0 Å². The SMILES string of the molecule is C=C(C)C(=O)OCCNC(=O)c1c(I)cc(I)c(NC(C)=O)c1I. The Morgan fingerprint density at radius 2 is 1.79 bits per heavy atom. The summed E-state index contributed by atoms with van der Waals surface area (Å²) >= 11 is 6.23. The smallest absolute Gasteiger partial charge is 0.333 e. The molecule has 0 aliphatic heterocycles. The van der Waals surface area contributed by atoms with Gasteiger partial charge in [-0.2, -0.15) is 0 Å². The first-order valence-corrected chi connectivity index (χ1v) is 9.94. The van der Waals surface area contributed by atoms with E-state index in [2.05, 4.69) is 62.4 Å². The molecule has 0 heterocycles. The summed E-state index contributed by atoms with van der Waals surface area (Å²) in [5.41, 5.74) is 1.40. The molecule has 0 saturated carbocycles. The Morgan fingerprint density at radius 3 is 2.33 bits per heavy atom. The van der Waals surface area contributed by atoms with Crippen LogP contribution in [0.4, 0.5) is 5.69 Å². The van der Waals surface area contributed by atoms with Crippen molar-refractivity contribution in [3.63, 3.8) is 0 Å². The number of esters is 1. The molecule has 2 amide bonds. The van der Waals surface area contributed by atoms with Crippen LogP contribution in [0.15, 0.2) is 18.2 Å². The van der Waals surface area contributed by atoms with Gasteiger partial charge >= 0.3 is 5.97 Å². The second-order valence-electron chi connectivity index (χ2n) is 4.76. The van der Waals surface area contributed by atoms with Crippen molar-refractivity contribution in [2.45, 2.75) is 13.8 Å². The molecule has 0 radical (unpaired) electrons. The van der Waals surface area contributed by atoms with Crippen LogP contribution in [0.25, 0.3) is 0 Å². The fourth-order valence-corrected chi connectivity index (χ4v) is 5.74. The molecule has 0 aliphatic rings. The fourth-order valence-electron chi connectivity index (χ4n) is 1.61. The average Bonchev–Trinajstić information content (AvgIpc) is 2.47. The van der Waals surface area contributed by atoms with Crippen LogP contribution in [0.3, 0.4) is 0 Å². The number of hydrogen-bond donors (Lipinski definition) is 2. The Hall–Kier alpha value is -0.440. The van der Waals surface area contributed by atoms with Crippen molar-refractivity contribution in [3.05, 3.63) is 34.5 Å². The molecule has 0 fully saturated rings. The van der Waals surface area contributed by atoms with Crippen molar-refractivity contribution < 1.29 is 19.1 Å². The third-order valence-electron chi connectivity index (χ3n) is 2.67. The number of ether oxygens (including phenoxy) is 1. The molecular formula is C15H15I3N2O4. The lowest BCUT2D eigenvalue weighted by Crippen LogP contribution is -2.30. The van der Waals surface area contributed by atoms with Crippen molar-refractivity contribution in [3.8, 4) is 0 Å². The molecule has 1 aromatic carbocycles. The van der Waals surface area contributed by atoms with Gasteiger partial charge in [0.2, 0.25) is 5.91 Å². The minimum atomic E-state index is -0.490. The number of carbonyl (C=O) groups excluding carboxylic acids is 3. The average molecular weight is 668 g/mol. The monoisotopic (exact) mass is 668 g/mol. The Labute approximate surface area is 181 Å². The van der Waals surface area contributed by atoms with Gasteiger partial charge < -0.3 is 15.4 Å². The quantitative estimate of drug-likeness (QED) is 0.211. The third-order valence-corrected chi connectivity index (χ3v) is 5.45. The molecule has 6 nitrogen and oxygen atoms in total. The number of rotatable bonds is 6. The molecule has 0 unspecified atom stereocenters. The molecule has 0 spiro atoms. The van der Waals surface area contributed by atoms with Gasteiger partial charge in [-0.25, -0.2) is 4.79 Å². The van der Waals surface area contributed by atoms with Crippen LogP contribution < -0.4 is 10.6 Å². The van der Waals surface area contributed by atoms with E-state index in [1.54, 1.807) is 6.92 Å². The molecule has 130 valence electrons. The van der Waals surface area contributed by atoms with Gasteiger partial charge in [0.05, 0.1) is 21.4 Å². The van der Waals surface area contributed by atoms with E-state index in [0.717, 1.165) is 7.14 Å². The summed E-state index contributed by atoms with van der Waals surface area (Å²) in [6.07, 6.45) is 0. The number of carbonyl (C=O) groups is 3. The summed E-state index contributed by atoms with van der Waals surface area (Å²) in [6.45, 7) is 6.70. The Balaban J connectivity index is 2.85. The molecule has 0 saturated heterocycles. The number of amides is 2. The molecule has 0 aromatic heterocycles. The standard InChI is InChI=1S/C15H15I3N2O4/c1-7(2)15(23)24-5-4-19-14(22)11-9(16)6-10(17)13(12(11)18)20-8(3)21/h6H,1,4-5H2,2-3H3,(H,19,22)(H,20,21). The van der Waals surface area contributed by atoms with Gasteiger partial charge in [-0.05, 0) is 80.8 Å². The highest BCUT2D eigenvalue weighted by molar-refractivity contribution is 14.1. The minimum Gasteiger partial charge on any atom is -0.460 e. The van der Waals surface area contributed by atoms with E-state index in [0.29, 0.717) is 20.4 Å². The van der Waals surface area contributed by atoms with Gasteiger partial charge in [-0.1, -0.05) is 6.58 Å². The highest BCUT2D eigenvalue weighted by Gasteiger charge is 2.20. The first-order valence-electron chi connectivity index (χ1n) is 6.71. The third kappa shape index (κ3) is 6.13. The second-order valence-corrected chi connectivity index (χ2v) is 8.16. The maximum absolute atomic E-state index is 12.4. The number of nitrogens with one attached hydrogen (secondary N) is 2. The molecule has 1 aromatic rings. The molecular weight excluding hydrogens is 653 g/mol. The summed E-state index contributed by atoms with van der Waals surface area (Å²) in [7, 11) is 0. The van der Waals surface area contributed by atoms with Crippen LogP contribution in [0, 0.1) is 10.7 Å². The van der Waals surface area contributed by atoms with Crippen LogP contribution in [-0.4, -0.2) is 30.9 Å². The number of halogens is 3. The van der Waals surface area contributed by atoms with E-state index in [1.165, 1.54) is 6.92 Å². The lowest BCUT2D eigenvalue weighted by molar-refractivity contribution is -0.138. The van der Waals surface area contributed by atoms with Crippen LogP contribution in [0.5, 0.6) is 0 Å². The van der Waals surface area contributed by atoms with E-state index >= 15 is 0 Å². The Morgan fingerprint density at radius 1 is 1.17 bits per heavy atom. The highest BCUT2D eigenvalue weighted by Crippen LogP contribution is 2.31. The van der Waals surface area contributed by atoms with Gasteiger partial charge in [0, 0.05) is 19.6 Å². The Bertz CT molecular complexity index is 704. The van der Waals surface area contributed by atoms with E-state index in [9.17, 15) is 14.4 Å². The summed E-state index contributed by atoms with van der Waals surface area (Å²) in [5, 5.41) is 5.45. The first-order chi connectivity index (χ1) is 11.1. The van der Waals surface area contributed by atoms with E-state index < -0.39 is 5.97 Å². The normalized spacial score (nSPS) is 10.0. The van der Waals surface area contributed by atoms with Gasteiger partial charge in [0.15, 0.2) is 0 Å². The molecule has 9 heteroatoms. The second kappa shape index (κ2) is 9.89. The van der Waals surface area contributed by atoms with Crippen molar-refractivity contribution in [1.82, 2.24) is 5.32 Å². The maximum atomic E-state index is 12.4. The number of anilines is 1. The van der Waals surface area contributed by atoms with E-state index in [-0.39, 0.29) is 25.0 Å². The van der Waals surface area contributed by atoms with Gasteiger partial charge in [0.25, 0.3) is 5.91 Å². The van der Waals surface area contributed by atoms with Crippen LogP contribution in [-0.2, 0) is 14.3 Å².